The van der Waals surface area contributed by atoms with Gasteiger partial charge >= 0.3 is 0 Å². The largest absolute Gasteiger partial charge is 0.482 e. The molecule has 0 unspecified atom stereocenters. The Morgan fingerprint density at radius 1 is 1.17 bits per heavy atom. The fraction of sp³-hybridized carbons (Fsp3) is 0.263. The van der Waals surface area contributed by atoms with E-state index in [1.165, 1.54) is 5.56 Å². The molecule has 2 aromatic carbocycles. The van der Waals surface area contributed by atoms with Crippen molar-refractivity contribution >= 4 is 23.7 Å². The van der Waals surface area contributed by atoms with Gasteiger partial charge in [-0.25, -0.2) is 5.43 Å². The van der Waals surface area contributed by atoms with Gasteiger partial charge in [-0.1, -0.05) is 68.8 Å². The van der Waals surface area contributed by atoms with Crippen molar-refractivity contribution in [2.75, 3.05) is 6.61 Å². The summed E-state index contributed by atoms with van der Waals surface area (Å²) in [6, 6.07) is 15.0. The number of ether oxygens (including phenoxy) is 1. The molecule has 0 fully saturated rings. The summed E-state index contributed by atoms with van der Waals surface area (Å²) in [6.07, 6.45) is 1.60. The van der Waals surface area contributed by atoms with Crippen molar-refractivity contribution in [3.05, 3.63) is 64.7 Å². The number of hydrazone groups is 1. The molecule has 0 aliphatic heterocycles. The van der Waals surface area contributed by atoms with Crippen LogP contribution in [0.25, 0.3) is 0 Å². The summed E-state index contributed by atoms with van der Waals surface area (Å²) in [7, 11) is 0. The number of nitrogens with zero attached hydrogens (tertiary/aromatic N) is 1. The predicted molar refractivity (Wildman–Crippen MR) is 97.8 cm³/mol. The predicted octanol–water partition coefficient (Wildman–Crippen LogP) is 4.17. The Kier molecular flexibility index (Phi) is 5.99. The standard InChI is InChI=1S/C19H21ClN2O2/c1-19(2,3)15-10-8-14(9-11-15)12-21-22-18(23)13-24-17-7-5-4-6-16(17)20/h4-12H,13H2,1-3H3,(H,22,23)/b21-12+. The Balaban J connectivity index is 1.83. The number of carbonyl (C=O) groups excluding carboxylic acids is 1. The zero-order chi connectivity index (χ0) is 17.6. The number of hydrogen-bond acceptors (Lipinski definition) is 3. The second-order valence-corrected chi connectivity index (χ2v) is 6.79. The Bertz CT molecular complexity index is 719. The lowest BCUT2D eigenvalue weighted by atomic mass is 9.87. The topological polar surface area (TPSA) is 50.7 Å². The van der Waals surface area contributed by atoms with Gasteiger partial charge in [0.2, 0.25) is 0 Å². The van der Waals surface area contributed by atoms with Crippen molar-refractivity contribution in [1.29, 1.82) is 0 Å². The van der Waals surface area contributed by atoms with E-state index >= 15 is 0 Å². The number of nitrogens with one attached hydrogen (secondary N) is 1. The first kappa shape index (κ1) is 18.0. The molecule has 0 saturated carbocycles. The van der Waals surface area contributed by atoms with Gasteiger partial charge < -0.3 is 4.74 Å². The molecule has 1 amide bonds. The van der Waals surface area contributed by atoms with Crippen LogP contribution in [0, 0.1) is 0 Å². The molecule has 0 aromatic heterocycles. The number of carbonyl (C=O) groups is 1. The van der Waals surface area contributed by atoms with Gasteiger partial charge in [-0.15, -0.1) is 0 Å². The number of halogens is 1. The highest BCUT2D eigenvalue weighted by molar-refractivity contribution is 6.32. The quantitative estimate of drug-likeness (QED) is 0.653. The van der Waals surface area contributed by atoms with Crippen molar-refractivity contribution < 1.29 is 9.53 Å². The lowest BCUT2D eigenvalue weighted by Crippen LogP contribution is -2.24. The third-order valence-corrected chi connectivity index (χ3v) is 3.69. The van der Waals surface area contributed by atoms with Crippen LogP contribution in [0.3, 0.4) is 0 Å². The molecular weight excluding hydrogens is 324 g/mol. The van der Waals surface area contributed by atoms with E-state index in [1.807, 2.05) is 12.1 Å². The molecule has 1 N–H and O–H groups in total. The van der Waals surface area contributed by atoms with Gasteiger partial charge in [0.1, 0.15) is 5.75 Å². The minimum absolute atomic E-state index is 0.111. The lowest BCUT2D eigenvalue weighted by Gasteiger charge is -2.18. The normalized spacial score (nSPS) is 11.5. The maximum absolute atomic E-state index is 11.7. The minimum atomic E-state index is -0.350. The van der Waals surface area contributed by atoms with Crippen LogP contribution in [0.1, 0.15) is 31.9 Å². The number of benzene rings is 2. The van der Waals surface area contributed by atoms with Crippen molar-refractivity contribution in [2.24, 2.45) is 5.10 Å². The molecule has 0 aliphatic rings. The Morgan fingerprint density at radius 2 is 1.83 bits per heavy atom. The molecule has 0 aliphatic carbocycles. The average molecular weight is 345 g/mol. The Morgan fingerprint density at radius 3 is 2.46 bits per heavy atom. The van der Waals surface area contributed by atoms with E-state index in [0.29, 0.717) is 10.8 Å². The highest BCUT2D eigenvalue weighted by atomic mass is 35.5. The molecule has 0 heterocycles. The first-order chi connectivity index (χ1) is 11.4. The summed E-state index contributed by atoms with van der Waals surface area (Å²) in [6.45, 7) is 6.34. The Labute approximate surface area is 147 Å². The van der Waals surface area contributed by atoms with Gasteiger partial charge in [0.05, 0.1) is 11.2 Å². The third kappa shape index (κ3) is 5.39. The number of amides is 1. The van der Waals surface area contributed by atoms with Crippen molar-refractivity contribution in [2.45, 2.75) is 26.2 Å². The highest BCUT2D eigenvalue weighted by Gasteiger charge is 2.12. The first-order valence-corrected chi connectivity index (χ1v) is 8.04. The molecule has 0 radical (unpaired) electrons. The van der Waals surface area contributed by atoms with Crippen molar-refractivity contribution in [3.63, 3.8) is 0 Å². The maximum Gasteiger partial charge on any atom is 0.277 e. The summed E-state index contributed by atoms with van der Waals surface area (Å²) < 4.78 is 5.34. The molecule has 0 bridgehead atoms. The van der Waals surface area contributed by atoms with Crippen LogP contribution in [0.15, 0.2) is 53.6 Å². The molecular formula is C19H21ClN2O2. The van der Waals surface area contributed by atoms with E-state index in [1.54, 1.807) is 30.5 Å². The van der Waals surface area contributed by atoms with Crippen molar-refractivity contribution in [3.8, 4) is 5.75 Å². The van der Waals surface area contributed by atoms with E-state index in [4.69, 9.17) is 16.3 Å². The molecule has 5 heteroatoms. The molecule has 2 rings (SSSR count). The molecule has 0 atom stereocenters. The zero-order valence-corrected chi connectivity index (χ0v) is 14.8. The zero-order valence-electron chi connectivity index (χ0n) is 14.0. The van der Waals surface area contributed by atoms with E-state index in [-0.39, 0.29) is 17.9 Å². The fourth-order valence-electron chi connectivity index (χ4n) is 1.99. The Hall–Kier alpha value is -2.33. The summed E-state index contributed by atoms with van der Waals surface area (Å²) >= 11 is 5.95. The van der Waals surface area contributed by atoms with Gasteiger partial charge in [0.25, 0.3) is 5.91 Å². The van der Waals surface area contributed by atoms with E-state index in [0.717, 1.165) is 5.56 Å². The second kappa shape index (κ2) is 7.97. The van der Waals surface area contributed by atoms with Gasteiger partial charge in [-0.2, -0.15) is 5.10 Å². The summed E-state index contributed by atoms with van der Waals surface area (Å²) in [5, 5.41) is 4.40. The summed E-state index contributed by atoms with van der Waals surface area (Å²) in [5.41, 5.74) is 4.70. The van der Waals surface area contributed by atoms with Crippen LogP contribution >= 0.6 is 11.6 Å². The molecule has 4 nitrogen and oxygen atoms in total. The van der Waals surface area contributed by atoms with Crippen LogP contribution < -0.4 is 10.2 Å². The van der Waals surface area contributed by atoms with E-state index in [9.17, 15) is 4.79 Å². The van der Waals surface area contributed by atoms with Crippen LogP contribution in [0.4, 0.5) is 0 Å². The molecule has 2 aromatic rings. The third-order valence-electron chi connectivity index (χ3n) is 3.37. The van der Waals surface area contributed by atoms with Crippen LogP contribution in [-0.2, 0) is 10.2 Å². The lowest BCUT2D eigenvalue weighted by molar-refractivity contribution is -0.123. The highest BCUT2D eigenvalue weighted by Crippen LogP contribution is 2.23. The van der Waals surface area contributed by atoms with E-state index < -0.39 is 0 Å². The first-order valence-electron chi connectivity index (χ1n) is 7.66. The fourth-order valence-corrected chi connectivity index (χ4v) is 2.18. The second-order valence-electron chi connectivity index (χ2n) is 6.38. The molecule has 126 valence electrons. The SMILES string of the molecule is CC(C)(C)c1ccc(/C=N/NC(=O)COc2ccccc2Cl)cc1. The minimum Gasteiger partial charge on any atom is -0.482 e. The monoisotopic (exact) mass is 344 g/mol. The van der Waals surface area contributed by atoms with Crippen LogP contribution in [0.2, 0.25) is 5.02 Å². The van der Waals surface area contributed by atoms with Crippen LogP contribution in [0.5, 0.6) is 5.75 Å². The molecule has 24 heavy (non-hydrogen) atoms. The van der Waals surface area contributed by atoms with Gasteiger partial charge in [-0.3, -0.25) is 4.79 Å². The maximum atomic E-state index is 11.7. The number of para-hydroxylation sites is 1. The number of hydrogen-bond donors (Lipinski definition) is 1. The summed E-state index contributed by atoms with van der Waals surface area (Å²) in [5.74, 6) is 0.119. The number of rotatable bonds is 5. The van der Waals surface area contributed by atoms with Gasteiger partial charge in [0.15, 0.2) is 6.61 Å². The van der Waals surface area contributed by atoms with Crippen LogP contribution in [-0.4, -0.2) is 18.7 Å². The van der Waals surface area contributed by atoms with Crippen molar-refractivity contribution in [1.82, 2.24) is 5.43 Å². The van der Waals surface area contributed by atoms with Gasteiger partial charge in [-0.05, 0) is 28.7 Å². The summed E-state index contributed by atoms with van der Waals surface area (Å²) in [4.78, 5) is 11.7. The average Bonchev–Trinajstić information content (AvgIpc) is 2.54. The smallest absolute Gasteiger partial charge is 0.277 e. The molecule has 0 spiro atoms. The van der Waals surface area contributed by atoms with E-state index in [2.05, 4.69) is 43.4 Å². The molecule has 0 saturated heterocycles. The van der Waals surface area contributed by atoms with Gasteiger partial charge in [0, 0.05) is 0 Å².